The first-order valence-electron chi connectivity index (χ1n) is 7.73. The molecule has 1 aromatic rings. The van der Waals surface area contributed by atoms with Gasteiger partial charge in [-0.25, -0.2) is 23.5 Å². The van der Waals surface area contributed by atoms with Gasteiger partial charge < -0.3 is 0 Å². The topological polar surface area (TPSA) is 48.9 Å². The van der Waals surface area contributed by atoms with E-state index in [9.17, 15) is 9.59 Å². The van der Waals surface area contributed by atoms with Gasteiger partial charge in [-0.2, -0.15) is 0 Å². The van der Waals surface area contributed by atoms with Gasteiger partial charge in [-0.15, -0.1) is 0 Å². The number of aromatic nitrogens is 3. The minimum Gasteiger partial charge on any atom is -0.246 e. The van der Waals surface area contributed by atoms with E-state index in [4.69, 9.17) is 0 Å². The molecule has 0 amide bonds. The molecule has 6 unspecified atom stereocenters. The first-order chi connectivity index (χ1) is 9.68. The van der Waals surface area contributed by atoms with Gasteiger partial charge in [0.15, 0.2) is 0 Å². The maximum atomic E-state index is 12.5. The monoisotopic (exact) mass is 269 g/mol. The zero-order valence-corrected chi connectivity index (χ0v) is 11.2. The lowest BCUT2D eigenvalue weighted by Gasteiger charge is -2.49. The van der Waals surface area contributed by atoms with E-state index in [-0.39, 0.29) is 11.4 Å². The highest BCUT2D eigenvalue weighted by molar-refractivity contribution is 5.50. The zero-order chi connectivity index (χ0) is 13.2. The van der Waals surface area contributed by atoms with Crippen LogP contribution in [0, 0.1) is 34.5 Å². The maximum absolute atomic E-state index is 12.5. The molecule has 2 aliphatic heterocycles. The van der Waals surface area contributed by atoms with E-state index in [2.05, 4.69) is 12.2 Å². The largest absolute Gasteiger partial charge is 0.347 e. The van der Waals surface area contributed by atoms with Crippen LogP contribution < -0.4 is 11.4 Å². The Labute approximate surface area is 114 Å². The fraction of sp³-hybridized carbons (Fsp3) is 0.733. The summed E-state index contributed by atoms with van der Waals surface area (Å²) in [5.74, 6) is 3.03. The maximum Gasteiger partial charge on any atom is 0.347 e. The Morgan fingerprint density at radius 2 is 1.45 bits per heavy atom. The number of allylic oxidation sites excluding steroid dienone is 2. The molecule has 4 saturated carbocycles. The average molecular weight is 269 g/mol. The summed E-state index contributed by atoms with van der Waals surface area (Å²) in [5.41, 5.74) is 0.515. The van der Waals surface area contributed by atoms with Crippen LogP contribution in [-0.4, -0.2) is 13.9 Å². The van der Waals surface area contributed by atoms with Crippen LogP contribution in [0.15, 0.2) is 21.7 Å². The minimum absolute atomic E-state index is 0.0841. The summed E-state index contributed by atoms with van der Waals surface area (Å²) >= 11 is 0. The van der Waals surface area contributed by atoms with E-state index in [1.165, 1.54) is 4.57 Å². The van der Waals surface area contributed by atoms with Crippen molar-refractivity contribution in [3.63, 3.8) is 0 Å². The summed E-state index contributed by atoms with van der Waals surface area (Å²) in [5, 5.41) is 0. The van der Waals surface area contributed by atoms with E-state index in [1.807, 2.05) is 9.36 Å². The molecule has 102 valence electrons. The summed E-state index contributed by atoms with van der Waals surface area (Å²) in [6, 6.07) is 0.637. The van der Waals surface area contributed by atoms with E-state index in [0.29, 0.717) is 34.7 Å². The van der Waals surface area contributed by atoms with Gasteiger partial charge in [-0.05, 0) is 36.5 Å². The summed E-state index contributed by atoms with van der Waals surface area (Å²) < 4.78 is 5.06. The molecule has 2 bridgehead atoms. The van der Waals surface area contributed by atoms with Crippen molar-refractivity contribution in [2.75, 3.05) is 0 Å². The van der Waals surface area contributed by atoms with E-state index >= 15 is 0 Å². The molecule has 0 N–H and O–H groups in total. The van der Waals surface area contributed by atoms with Gasteiger partial charge in [0.1, 0.15) is 0 Å². The van der Waals surface area contributed by atoms with Crippen LogP contribution in [0.1, 0.15) is 24.9 Å². The van der Waals surface area contributed by atoms with Gasteiger partial charge in [-0.3, -0.25) is 0 Å². The molecule has 7 aliphatic rings. The van der Waals surface area contributed by atoms with E-state index in [1.54, 1.807) is 7.05 Å². The van der Waals surface area contributed by atoms with Crippen LogP contribution in [0.2, 0.25) is 0 Å². The van der Waals surface area contributed by atoms with Crippen LogP contribution in [0.4, 0.5) is 0 Å². The van der Waals surface area contributed by atoms with Crippen molar-refractivity contribution in [1.82, 2.24) is 13.9 Å². The van der Waals surface area contributed by atoms with Crippen LogP contribution in [0.3, 0.4) is 0 Å². The molecular weight excluding hydrogens is 254 g/mol. The van der Waals surface area contributed by atoms with E-state index in [0.717, 1.165) is 24.7 Å². The summed E-state index contributed by atoms with van der Waals surface area (Å²) in [6.07, 6.45) is 6.92. The fourth-order valence-corrected chi connectivity index (χ4v) is 7.92. The normalized spacial score (nSPS) is 60.5. The molecule has 0 radical (unpaired) electrons. The van der Waals surface area contributed by atoms with Gasteiger partial charge >= 0.3 is 11.4 Å². The fourth-order valence-electron chi connectivity index (χ4n) is 7.92. The SMILES string of the molecule is Cn1c(=O)n2n(c1=O)C1C3C4C3C3C5(CC=CCC135)C42. The van der Waals surface area contributed by atoms with Crippen molar-refractivity contribution in [3.05, 3.63) is 33.1 Å². The van der Waals surface area contributed by atoms with Crippen LogP contribution in [0.5, 0.6) is 0 Å². The Morgan fingerprint density at radius 1 is 0.950 bits per heavy atom. The summed E-state index contributed by atoms with van der Waals surface area (Å²) in [4.78, 5) is 25.0. The molecule has 3 heterocycles. The lowest BCUT2D eigenvalue weighted by molar-refractivity contribution is -0.00147. The quantitative estimate of drug-likeness (QED) is 0.635. The highest BCUT2D eigenvalue weighted by Crippen LogP contribution is 3.04. The Balaban J connectivity index is 1.69. The lowest BCUT2D eigenvalue weighted by Crippen LogP contribution is -2.53. The molecule has 5 nitrogen and oxygen atoms in total. The second-order valence-electron chi connectivity index (χ2n) is 7.87. The number of hydrogen-bond acceptors (Lipinski definition) is 2. The summed E-state index contributed by atoms with van der Waals surface area (Å²) in [6.45, 7) is 0. The molecule has 20 heavy (non-hydrogen) atoms. The lowest BCUT2D eigenvalue weighted by atomic mass is 9.67. The molecule has 6 atom stereocenters. The second-order valence-corrected chi connectivity index (χ2v) is 7.87. The van der Waals surface area contributed by atoms with Crippen LogP contribution in [0.25, 0.3) is 0 Å². The first-order valence-corrected chi connectivity index (χ1v) is 7.73. The third-order valence-electron chi connectivity index (χ3n) is 8.06. The zero-order valence-electron chi connectivity index (χ0n) is 11.2. The van der Waals surface area contributed by atoms with Gasteiger partial charge in [0.2, 0.25) is 0 Å². The number of hydrogen-bond donors (Lipinski definition) is 0. The van der Waals surface area contributed by atoms with Gasteiger partial charge in [0.25, 0.3) is 0 Å². The average Bonchev–Trinajstić information content (AvgIpc) is 3.24. The van der Waals surface area contributed by atoms with Crippen molar-refractivity contribution >= 4 is 0 Å². The second kappa shape index (κ2) is 2.11. The molecular formula is C15H15N3O2. The Hall–Kier alpha value is -1.52. The van der Waals surface area contributed by atoms with Crippen molar-refractivity contribution in [3.8, 4) is 0 Å². The molecule has 4 fully saturated rings. The highest BCUT2D eigenvalue weighted by atomic mass is 16.2. The highest BCUT2D eigenvalue weighted by Gasteiger charge is 3.02. The third kappa shape index (κ3) is 0.504. The van der Waals surface area contributed by atoms with Gasteiger partial charge in [-0.1, -0.05) is 12.2 Å². The minimum atomic E-state index is -0.0841. The molecule has 5 aliphatic carbocycles. The molecule has 0 aromatic carbocycles. The molecule has 2 spiro atoms. The summed E-state index contributed by atoms with van der Waals surface area (Å²) in [7, 11) is 1.63. The first kappa shape index (κ1) is 9.42. The van der Waals surface area contributed by atoms with Crippen LogP contribution in [-0.2, 0) is 7.05 Å². The molecule has 8 rings (SSSR count). The van der Waals surface area contributed by atoms with Crippen LogP contribution >= 0.6 is 0 Å². The van der Waals surface area contributed by atoms with Gasteiger partial charge in [0, 0.05) is 17.9 Å². The van der Waals surface area contributed by atoms with E-state index < -0.39 is 0 Å². The number of rotatable bonds is 0. The Bertz CT molecular complexity index is 820. The Morgan fingerprint density at radius 3 is 1.95 bits per heavy atom. The third-order valence-corrected chi connectivity index (χ3v) is 8.06. The van der Waals surface area contributed by atoms with Crippen molar-refractivity contribution in [2.45, 2.75) is 24.9 Å². The van der Waals surface area contributed by atoms with Crippen molar-refractivity contribution in [2.24, 2.45) is 41.5 Å². The Kier molecular flexibility index (Phi) is 0.992. The smallest absolute Gasteiger partial charge is 0.246 e. The molecule has 5 heteroatoms. The predicted molar refractivity (Wildman–Crippen MR) is 69.2 cm³/mol. The predicted octanol–water partition coefficient (Wildman–Crippen LogP) is 0.286. The number of nitrogens with zero attached hydrogens (tertiary/aromatic N) is 3. The standard InChI is InChI=1S/C15H15N3O2/c1-16-12(19)17-10-7-6-8(7)11(18(17)13(16)20)15-5-3-2-4-14(10,15)9(6)15/h2-3,6-11H,4-5H2,1H3. The van der Waals surface area contributed by atoms with Crippen molar-refractivity contribution < 1.29 is 0 Å². The molecule has 1 aromatic heterocycles. The molecule has 0 saturated heterocycles. The van der Waals surface area contributed by atoms with Crippen molar-refractivity contribution in [1.29, 1.82) is 0 Å². The van der Waals surface area contributed by atoms with Gasteiger partial charge in [0.05, 0.1) is 12.1 Å².